The number of hydrogen-bond acceptors (Lipinski definition) is 7. The zero-order valence-corrected chi connectivity index (χ0v) is 14.2. The first-order valence-electron chi connectivity index (χ1n) is 6.79. The Morgan fingerprint density at radius 1 is 1.04 bits per heavy atom. The van der Waals surface area contributed by atoms with Crippen molar-refractivity contribution < 1.29 is 71.9 Å². The quantitative estimate of drug-likeness (QED) is 0.255. The Morgan fingerprint density at radius 2 is 1.64 bits per heavy atom. The van der Waals surface area contributed by atoms with Crippen LogP contribution in [0.2, 0.25) is 0 Å². The summed E-state index contributed by atoms with van der Waals surface area (Å²) in [4.78, 5) is 48.6. The van der Waals surface area contributed by atoms with E-state index in [1.54, 1.807) is 24.3 Å². The van der Waals surface area contributed by atoms with Gasteiger partial charge in [-0.2, -0.15) is 0 Å². The number of ketones is 1. The summed E-state index contributed by atoms with van der Waals surface area (Å²) in [6.45, 7) is 0.139. The summed E-state index contributed by atoms with van der Waals surface area (Å²) in [5.74, 6) is -6.88. The molecule has 1 N–H and O–H groups in total. The summed E-state index contributed by atoms with van der Waals surface area (Å²) in [5.41, 5.74) is 2.97. The molecule has 25 heavy (non-hydrogen) atoms. The van der Waals surface area contributed by atoms with E-state index in [1.165, 1.54) is 0 Å². The van der Waals surface area contributed by atoms with Crippen LogP contribution in [0.3, 0.4) is 0 Å². The molecule has 0 aliphatic rings. The molecular formula is C15H15Li2NO7. The Kier molecular flexibility index (Phi) is 14.1. The Bertz CT molecular complexity index is 581. The average Bonchev–Trinajstić information content (AvgIpc) is 2.51. The van der Waals surface area contributed by atoms with Gasteiger partial charge in [-0.1, -0.05) is 30.3 Å². The number of rotatable bonds is 10. The van der Waals surface area contributed by atoms with Crippen molar-refractivity contribution in [2.75, 3.05) is 0 Å². The molecule has 1 aromatic rings. The van der Waals surface area contributed by atoms with Gasteiger partial charge in [0.05, 0.1) is 6.61 Å². The van der Waals surface area contributed by atoms with Crippen LogP contribution in [-0.2, 0) is 30.6 Å². The summed E-state index contributed by atoms with van der Waals surface area (Å²) in [6, 6.07) is 9.03. The van der Waals surface area contributed by atoms with E-state index in [9.17, 15) is 29.4 Å². The van der Waals surface area contributed by atoms with Gasteiger partial charge >= 0.3 is 37.7 Å². The predicted octanol–water partition coefficient (Wildman–Crippen LogP) is -7.90. The van der Waals surface area contributed by atoms with Gasteiger partial charge in [-0.05, 0) is 12.0 Å². The van der Waals surface area contributed by atoms with Gasteiger partial charge < -0.3 is 19.8 Å². The van der Waals surface area contributed by atoms with Gasteiger partial charge in [-0.25, -0.2) is 5.48 Å². The SMILES string of the molecule is O=C(CCC(CC(=O)C(=O)[O-])C(=O)[O-])NOCc1ccccc1.[Li+].[Li+]. The first-order chi connectivity index (χ1) is 10.9. The van der Waals surface area contributed by atoms with E-state index in [0.29, 0.717) is 0 Å². The van der Waals surface area contributed by atoms with Crippen LogP contribution in [0.1, 0.15) is 24.8 Å². The Morgan fingerprint density at radius 3 is 2.16 bits per heavy atom. The Hall–Kier alpha value is -1.55. The molecule has 1 amide bonds. The fourth-order valence-corrected chi connectivity index (χ4v) is 1.74. The van der Waals surface area contributed by atoms with Crippen LogP contribution >= 0.6 is 0 Å². The number of hydroxylamine groups is 1. The number of carbonyl (C=O) groups excluding carboxylic acids is 4. The monoisotopic (exact) mass is 335 g/mol. The molecular weight excluding hydrogens is 320 g/mol. The van der Waals surface area contributed by atoms with Gasteiger partial charge in [-0.15, -0.1) is 0 Å². The number of carbonyl (C=O) groups is 4. The van der Waals surface area contributed by atoms with Crippen LogP contribution in [0.5, 0.6) is 0 Å². The summed E-state index contributed by atoms with van der Waals surface area (Å²) in [6.07, 6.45) is -1.28. The molecule has 10 heteroatoms. The van der Waals surface area contributed by atoms with Crippen molar-refractivity contribution in [1.82, 2.24) is 5.48 Å². The second-order valence-corrected chi connectivity index (χ2v) is 4.77. The molecule has 0 aliphatic heterocycles. The maximum absolute atomic E-state index is 11.5. The molecule has 0 spiro atoms. The molecule has 0 radical (unpaired) electrons. The molecule has 0 saturated carbocycles. The fraction of sp³-hybridized carbons (Fsp3) is 0.333. The molecule has 0 saturated heterocycles. The number of aliphatic carboxylic acids is 2. The second kappa shape index (κ2) is 13.7. The minimum absolute atomic E-state index is 0. The van der Waals surface area contributed by atoms with Crippen LogP contribution in [-0.4, -0.2) is 23.6 Å². The van der Waals surface area contributed by atoms with Crippen molar-refractivity contribution in [2.45, 2.75) is 25.9 Å². The van der Waals surface area contributed by atoms with Gasteiger partial charge in [0.25, 0.3) is 0 Å². The number of carboxylic acids is 2. The number of carboxylic acid groups (broad SMARTS) is 2. The van der Waals surface area contributed by atoms with Gasteiger partial charge in [0.1, 0.15) is 5.97 Å². The van der Waals surface area contributed by atoms with Gasteiger partial charge in [0.2, 0.25) is 5.91 Å². The van der Waals surface area contributed by atoms with E-state index < -0.39 is 36.0 Å². The van der Waals surface area contributed by atoms with E-state index in [1.807, 2.05) is 6.07 Å². The topological polar surface area (TPSA) is 136 Å². The molecule has 8 nitrogen and oxygen atoms in total. The number of Topliss-reactive ketones (excluding diaryl/α,β-unsaturated/α-hetero) is 1. The Balaban J connectivity index is 0. The number of amides is 1. The molecule has 1 unspecified atom stereocenters. The summed E-state index contributed by atoms with van der Waals surface area (Å²) < 4.78 is 0. The zero-order chi connectivity index (χ0) is 17.2. The van der Waals surface area contributed by atoms with Crippen molar-refractivity contribution in [3.8, 4) is 0 Å². The summed E-state index contributed by atoms with van der Waals surface area (Å²) in [5, 5.41) is 21.1. The third-order valence-corrected chi connectivity index (χ3v) is 2.98. The maximum Gasteiger partial charge on any atom is 1.00 e. The molecule has 124 valence electrons. The first-order valence-corrected chi connectivity index (χ1v) is 6.79. The zero-order valence-electron chi connectivity index (χ0n) is 14.2. The first kappa shape index (κ1) is 25.7. The molecule has 0 heterocycles. The van der Waals surface area contributed by atoms with E-state index in [4.69, 9.17) is 4.84 Å². The van der Waals surface area contributed by atoms with E-state index in [0.717, 1.165) is 5.56 Å². The largest absolute Gasteiger partial charge is 1.00 e. The number of nitrogens with one attached hydrogen (secondary N) is 1. The maximum atomic E-state index is 11.5. The van der Waals surface area contributed by atoms with Gasteiger partial charge in [0, 0.05) is 24.7 Å². The van der Waals surface area contributed by atoms with Crippen LogP contribution in [0.25, 0.3) is 0 Å². The Labute approximate surface area is 168 Å². The normalized spacial score (nSPS) is 10.6. The summed E-state index contributed by atoms with van der Waals surface area (Å²) in [7, 11) is 0. The third kappa shape index (κ3) is 10.8. The van der Waals surface area contributed by atoms with Crippen LogP contribution in [0.15, 0.2) is 30.3 Å². The number of hydrogen-bond donors (Lipinski definition) is 1. The minimum atomic E-state index is -1.97. The standard InChI is InChI=1S/C15H17NO7.2Li/c17-12(15(21)22)8-11(14(19)20)6-7-13(18)16-23-9-10-4-2-1-3-5-10;;/h1-5,11H,6-9H2,(H,16,18)(H,19,20)(H,21,22);;/q;2*+1/p-2. The van der Waals surface area contributed by atoms with E-state index in [2.05, 4.69) is 5.48 Å². The molecule has 0 aliphatic carbocycles. The fourth-order valence-electron chi connectivity index (χ4n) is 1.74. The molecule has 0 fully saturated rings. The van der Waals surface area contributed by atoms with Gasteiger partial charge in [0.15, 0.2) is 5.78 Å². The molecule has 1 rings (SSSR count). The van der Waals surface area contributed by atoms with Crippen LogP contribution in [0.4, 0.5) is 0 Å². The van der Waals surface area contributed by atoms with Crippen LogP contribution in [0, 0.1) is 5.92 Å². The summed E-state index contributed by atoms with van der Waals surface area (Å²) >= 11 is 0. The van der Waals surface area contributed by atoms with Crippen LogP contribution < -0.4 is 53.4 Å². The smallest absolute Gasteiger partial charge is 0.550 e. The van der Waals surface area contributed by atoms with Crippen molar-refractivity contribution in [3.63, 3.8) is 0 Å². The molecule has 1 aromatic carbocycles. The predicted molar refractivity (Wildman–Crippen MR) is 71.7 cm³/mol. The van der Waals surface area contributed by atoms with Crippen molar-refractivity contribution >= 4 is 23.6 Å². The number of benzene rings is 1. The average molecular weight is 335 g/mol. The van der Waals surface area contributed by atoms with Crippen molar-refractivity contribution in [3.05, 3.63) is 35.9 Å². The molecule has 1 atom stereocenters. The second-order valence-electron chi connectivity index (χ2n) is 4.77. The third-order valence-electron chi connectivity index (χ3n) is 2.98. The molecule has 0 aromatic heterocycles. The minimum Gasteiger partial charge on any atom is -0.550 e. The van der Waals surface area contributed by atoms with E-state index in [-0.39, 0.29) is 57.2 Å². The molecule has 0 bridgehead atoms. The van der Waals surface area contributed by atoms with Crippen molar-refractivity contribution in [2.24, 2.45) is 5.92 Å². The van der Waals surface area contributed by atoms with Gasteiger partial charge in [-0.3, -0.25) is 14.4 Å². The van der Waals surface area contributed by atoms with E-state index >= 15 is 0 Å². The van der Waals surface area contributed by atoms with Crippen molar-refractivity contribution in [1.29, 1.82) is 0 Å².